The van der Waals surface area contributed by atoms with Crippen LogP contribution in [-0.2, 0) is 12.8 Å². The predicted octanol–water partition coefficient (Wildman–Crippen LogP) is 7.38. The van der Waals surface area contributed by atoms with E-state index in [1.807, 2.05) is 0 Å². The first kappa shape index (κ1) is 21.0. The van der Waals surface area contributed by atoms with Crippen LogP contribution in [0.15, 0.2) is 36.7 Å². The first-order chi connectivity index (χ1) is 13.8. The lowest BCUT2D eigenvalue weighted by molar-refractivity contribution is 0.385. The third kappa shape index (κ3) is 6.15. The first-order valence-corrected chi connectivity index (χ1v) is 11.7. The molecule has 28 heavy (non-hydrogen) atoms. The first-order valence-electron chi connectivity index (χ1n) is 11.7. The largest absolute Gasteiger partial charge is 0.241 e. The van der Waals surface area contributed by atoms with Crippen LogP contribution in [0, 0.1) is 0 Å². The molecule has 0 aliphatic heterocycles. The highest BCUT2D eigenvalue weighted by Gasteiger charge is 2.25. The summed E-state index contributed by atoms with van der Waals surface area (Å²) in [4.78, 5) is 9.47. The van der Waals surface area contributed by atoms with Gasteiger partial charge in [-0.2, -0.15) is 0 Å². The van der Waals surface area contributed by atoms with E-state index in [0.717, 1.165) is 12.2 Å². The third-order valence-corrected chi connectivity index (χ3v) is 6.38. The Bertz CT molecular complexity index is 667. The fourth-order valence-electron chi connectivity index (χ4n) is 4.57. The Morgan fingerprint density at radius 1 is 0.679 bits per heavy atom. The molecule has 1 aromatic heterocycles. The van der Waals surface area contributed by atoms with Crippen LogP contribution in [0.3, 0.4) is 0 Å². The minimum Gasteiger partial charge on any atom is -0.241 e. The van der Waals surface area contributed by atoms with E-state index >= 15 is 0 Å². The molecule has 0 unspecified atom stereocenters. The van der Waals surface area contributed by atoms with Gasteiger partial charge in [0.05, 0.1) is 0 Å². The van der Waals surface area contributed by atoms with Gasteiger partial charge in [0.2, 0.25) is 0 Å². The highest BCUT2D eigenvalue weighted by atomic mass is 14.9. The fraction of sp³-hybridized carbons (Fsp3) is 0.615. The summed E-state index contributed by atoms with van der Waals surface area (Å²) < 4.78 is 0. The van der Waals surface area contributed by atoms with Crippen molar-refractivity contribution in [2.24, 2.45) is 0 Å². The van der Waals surface area contributed by atoms with Gasteiger partial charge in [0.25, 0.3) is 0 Å². The Kier molecular flexibility index (Phi) is 8.51. The summed E-state index contributed by atoms with van der Waals surface area (Å²) in [7, 11) is 0. The lowest BCUT2D eigenvalue weighted by atomic mass is 9.78. The smallest absolute Gasteiger partial charge is 0.131 e. The minimum absolute atomic E-state index is 0.550. The average molecular weight is 379 g/mol. The van der Waals surface area contributed by atoms with Gasteiger partial charge in [0.15, 0.2) is 0 Å². The Morgan fingerprint density at radius 3 is 1.96 bits per heavy atom. The van der Waals surface area contributed by atoms with E-state index in [2.05, 4.69) is 50.5 Å². The van der Waals surface area contributed by atoms with Crippen LogP contribution in [0.2, 0.25) is 0 Å². The lowest BCUT2D eigenvalue weighted by Crippen LogP contribution is -2.14. The summed E-state index contributed by atoms with van der Waals surface area (Å²) in [6.45, 7) is 4.51. The lowest BCUT2D eigenvalue weighted by Gasteiger charge is -2.28. The summed E-state index contributed by atoms with van der Waals surface area (Å²) in [5.74, 6) is 2.34. The van der Waals surface area contributed by atoms with Gasteiger partial charge >= 0.3 is 0 Å². The number of aryl methyl sites for hydroxylation is 2. The third-order valence-electron chi connectivity index (χ3n) is 6.38. The van der Waals surface area contributed by atoms with Crippen LogP contribution < -0.4 is 0 Å². The second kappa shape index (κ2) is 11.3. The molecule has 0 N–H and O–H groups in total. The van der Waals surface area contributed by atoms with E-state index in [1.165, 1.54) is 87.3 Å². The van der Waals surface area contributed by atoms with E-state index in [1.54, 1.807) is 0 Å². The summed E-state index contributed by atoms with van der Waals surface area (Å²) in [5, 5.41) is 0. The van der Waals surface area contributed by atoms with Gasteiger partial charge in [-0.3, -0.25) is 0 Å². The number of unbranched alkanes of at least 4 members (excludes halogenated alkanes) is 4. The van der Waals surface area contributed by atoms with Crippen LogP contribution >= 0.6 is 0 Å². The van der Waals surface area contributed by atoms with E-state index in [4.69, 9.17) is 9.97 Å². The van der Waals surface area contributed by atoms with Crippen LogP contribution in [0.1, 0.15) is 112 Å². The molecule has 0 bridgehead atoms. The monoisotopic (exact) mass is 378 g/mol. The van der Waals surface area contributed by atoms with Crippen LogP contribution in [0.5, 0.6) is 0 Å². The Morgan fingerprint density at radius 2 is 1.32 bits per heavy atom. The molecule has 152 valence electrons. The van der Waals surface area contributed by atoms with E-state index in [-0.39, 0.29) is 0 Å². The Labute approximate surface area is 172 Å². The van der Waals surface area contributed by atoms with Crippen molar-refractivity contribution in [3.63, 3.8) is 0 Å². The zero-order valence-corrected chi connectivity index (χ0v) is 18.0. The number of benzene rings is 1. The predicted molar refractivity (Wildman–Crippen MR) is 119 cm³/mol. The maximum Gasteiger partial charge on any atom is 0.131 e. The molecular formula is C26H38N2. The van der Waals surface area contributed by atoms with Crippen molar-refractivity contribution in [2.75, 3.05) is 0 Å². The van der Waals surface area contributed by atoms with E-state index in [9.17, 15) is 0 Å². The summed E-state index contributed by atoms with van der Waals surface area (Å²) in [5.41, 5.74) is 4.30. The molecule has 1 aliphatic carbocycles. The highest BCUT2D eigenvalue weighted by molar-refractivity contribution is 5.26. The molecule has 0 saturated heterocycles. The zero-order chi connectivity index (χ0) is 19.6. The summed E-state index contributed by atoms with van der Waals surface area (Å²) in [6, 6.07) is 9.38. The second-order valence-corrected chi connectivity index (χ2v) is 8.65. The van der Waals surface area contributed by atoms with Gasteiger partial charge in [0.1, 0.15) is 5.82 Å². The quantitative estimate of drug-likeness (QED) is 0.403. The molecule has 1 saturated carbocycles. The van der Waals surface area contributed by atoms with Crippen LogP contribution in [0.25, 0.3) is 0 Å². The maximum absolute atomic E-state index is 4.74. The van der Waals surface area contributed by atoms with Gasteiger partial charge < -0.3 is 0 Å². The van der Waals surface area contributed by atoms with Gasteiger partial charge in [-0.05, 0) is 67.6 Å². The maximum atomic E-state index is 4.74. The number of hydrogen-bond acceptors (Lipinski definition) is 2. The molecule has 0 spiro atoms. The molecule has 0 atom stereocenters. The molecule has 2 aromatic rings. The normalized spacial score (nSPS) is 19.6. The highest BCUT2D eigenvalue weighted by Crippen LogP contribution is 2.39. The molecule has 2 heteroatoms. The minimum atomic E-state index is 0.550. The van der Waals surface area contributed by atoms with E-state index in [0.29, 0.717) is 11.8 Å². The van der Waals surface area contributed by atoms with Gasteiger partial charge in [0, 0.05) is 18.3 Å². The number of aromatic nitrogens is 2. The molecule has 1 aromatic carbocycles. The van der Waals surface area contributed by atoms with Gasteiger partial charge in [-0.1, -0.05) is 70.2 Å². The molecule has 0 radical (unpaired) electrons. The van der Waals surface area contributed by atoms with Crippen molar-refractivity contribution in [1.82, 2.24) is 9.97 Å². The zero-order valence-electron chi connectivity index (χ0n) is 18.0. The van der Waals surface area contributed by atoms with Crippen molar-refractivity contribution in [3.05, 3.63) is 59.2 Å². The number of rotatable bonds is 10. The summed E-state index contributed by atoms with van der Waals surface area (Å²) >= 11 is 0. The molecule has 0 amide bonds. The molecule has 1 fully saturated rings. The van der Waals surface area contributed by atoms with Crippen molar-refractivity contribution in [3.8, 4) is 0 Å². The average Bonchev–Trinajstić information content (AvgIpc) is 2.75. The van der Waals surface area contributed by atoms with Crippen molar-refractivity contribution in [2.45, 2.75) is 103 Å². The van der Waals surface area contributed by atoms with Crippen molar-refractivity contribution in [1.29, 1.82) is 0 Å². The Hall–Kier alpha value is -1.70. The number of hydrogen-bond donors (Lipinski definition) is 0. The Balaban J connectivity index is 1.45. The van der Waals surface area contributed by atoms with E-state index < -0.39 is 0 Å². The topological polar surface area (TPSA) is 25.8 Å². The van der Waals surface area contributed by atoms with Crippen molar-refractivity contribution >= 4 is 0 Å². The molecule has 2 nitrogen and oxygen atoms in total. The molecule has 1 aliphatic rings. The SMILES string of the molecule is CCCCCCCc1cnc(C2CCC(c3ccc(CCC)cc3)CC2)nc1. The number of nitrogens with zero attached hydrogens (tertiary/aromatic N) is 2. The van der Waals surface area contributed by atoms with Crippen molar-refractivity contribution < 1.29 is 0 Å². The van der Waals surface area contributed by atoms with Crippen LogP contribution in [-0.4, -0.2) is 9.97 Å². The molecule has 1 heterocycles. The van der Waals surface area contributed by atoms with Crippen LogP contribution in [0.4, 0.5) is 0 Å². The summed E-state index contributed by atoms with van der Waals surface area (Å²) in [6.07, 6.45) is 19.3. The molecule has 3 rings (SSSR count). The standard InChI is InChI=1S/C26H38N2/c1-3-5-6-7-8-10-22-19-27-26(28-20-22)25-17-15-24(16-18-25)23-13-11-21(9-4-2)12-14-23/h11-14,19-20,24-25H,3-10,15-18H2,1-2H3. The fourth-order valence-corrected chi connectivity index (χ4v) is 4.57. The van der Waals surface area contributed by atoms with Gasteiger partial charge in [-0.15, -0.1) is 0 Å². The molecular weight excluding hydrogens is 340 g/mol. The second-order valence-electron chi connectivity index (χ2n) is 8.65. The van der Waals surface area contributed by atoms with Gasteiger partial charge in [-0.25, -0.2) is 9.97 Å².